The van der Waals surface area contributed by atoms with Crippen LogP contribution >= 0.6 is 23.2 Å². The minimum atomic E-state index is -0.474. The number of carbonyl (C=O) groups excluding carboxylic acids is 2. The average molecular weight is 445 g/mol. The van der Waals surface area contributed by atoms with Crippen LogP contribution < -0.4 is 5.43 Å². The second kappa shape index (κ2) is 9.61. The molecule has 6 nitrogen and oxygen atoms in total. The van der Waals surface area contributed by atoms with Crippen LogP contribution in [0.15, 0.2) is 64.1 Å². The summed E-state index contributed by atoms with van der Waals surface area (Å²) >= 11 is 11.9. The van der Waals surface area contributed by atoms with Gasteiger partial charge in [0.1, 0.15) is 11.5 Å². The van der Waals surface area contributed by atoms with Gasteiger partial charge in [-0.05, 0) is 68.4 Å². The Morgan fingerprint density at radius 3 is 2.43 bits per heavy atom. The quantitative estimate of drug-likeness (QED) is 0.305. The predicted molar refractivity (Wildman–Crippen MR) is 116 cm³/mol. The molecule has 0 radical (unpaired) electrons. The number of carbonyl (C=O) groups is 2. The number of nitrogens with zero attached hydrogens (tertiary/aromatic N) is 1. The fourth-order valence-corrected chi connectivity index (χ4v) is 2.86. The van der Waals surface area contributed by atoms with Crippen molar-refractivity contribution >= 4 is 41.3 Å². The highest BCUT2D eigenvalue weighted by molar-refractivity contribution is 6.31. The van der Waals surface area contributed by atoms with Crippen molar-refractivity contribution in [3.05, 3.63) is 81.5 Å². The average Bonchev–Trinajstić information content (AvgIpc) is 3.16. The lowest BCUT2D eigenvalue weighted by Gasteiger charge is -2.11. The number of benzene rings is 2. The van der Waals surface area contributed by atoms with Crippen molar-refractivity contribution in [3.8, 4) is 11.3 Å². The number of halogens is 2. The summed E-state index contributed by atoms with van der Waals surface area (Å²) in [6, 6.07) is 14.6. The van der Waals surface area contributed by atoms with E-state index in [9.17, 15) is 9.59 Å². The summed E-state index contributed by atoms with van der Waals surface area (Å²) in [4.78, 5) is 24.4. The zero-order valence-corrected chi connectivity index (χ0v) is 17.7. The maximum atomic E-state index is 12.4. The lowest BCUT2D eigenvalue weighted by molar-refractivity contribution is 0.0378. The van der Waals surface area contributed by atoms with Crippen LogP contribution in [0.2, 0.25) is 10.0 Å². The Kier molecular flexibility index (Phi) is 6.92. The molecule has 0 aliphatic heterocycles. The molecular formula is C22H18Cl2N2O4. The van der Waals surface area contributed by atoms with Crippen molar-refractivity contribution in [2.24, 2.45) is 5.10 Å². The second-order valence-electron chi connectivity index (χ2n) is 6.55. The third kappa shape index (κ3) is 5.49. The first kappa shape index (κ1) is 21.6. The van der Waals surface area contributed by atoms with E-state index in [-0.39, 0.29) is 12.0 Å². The molecule has 1 aromatic heterocycles. The van der Waals surface area contributed by atoms with Gasteiger partial charge in [0, 0.05) is 21.2 Å². The Labute approximate surface area is 183 Å². The third-order valence-corrected chi connectivity index (χ3v) is 4.39. The fourth-order valence-electron chi connectivity index (χ4n) is 2.56. The smallest absolute Gasteiger partial charge is 0.339 e. The molecule has 0 saturated carbocycles. The molecule has 0 unspecified atom stereocenters. The van der Waals surface area contributed by atoms with Gasteiger partial charge >= 0.3 is 5.97 Å². The van der Waals surface area contributed by atoms with E-state index in [1.807, 2.05) is 0 Å². The first-order chi connectivity index (χ1) is 14.3. The molecule has 0 aliphatic carbocycles. The Bertz CT molecular complexity index is 1090. The molecular weight excluding hydrogens is 427 g/mol. The molecule has 1 N–H and O–H groups in total. The number of hydrazone groups is 1. The minimum absolute atomic E-state index is 0.260. The molecule has 3 rings (SSSR count). The van der Waals surface area contributed by atoms with E-state index < -0.39 is 5.97 Å². The molecule has 0 fully saturated rings. The number of nitrogens with one attached hydrogen (secondary N) is 1. The molecule has 1 amide bonds. The molecule has 0 bridgehead atoms. The number of ether oxygens (including phenoxy) is 1. The summed E-state index contributed by atoms with van der Waals surface area (Å²) in [6.07, 6.45) is 1.10. The van der Waals surface area contributed by atoms with E-state index in [0.29, 0.717) is 38.3 Å². The van der Waals surface area contributed by atoms with E-state index in [1.54, 1.807) is 68.4 Å². The zero-order valence-electron chi connectivity index (χ0n) is 16.2. The van der Waals surface area contributed by atoms with Gasteiger partial charge in [-0.2, -0.15) is 5.10 Å². The summed E-state index contributed by atoms with van der Waals surface area (Å²) in [5.74, 6) is -0.0648. The standard InChI is InChI=1S/C22H18Cl2N2O4/c1-13(2)29-22(28)18-9-7-16(24)11-19(18)20-10-8-17(30-20)12-25-26-21(27)14-3-5-15(23)6-4-14/h3-13H,1-2H3,(H,26,27)/b25-12-. The molecule has 0 aliphatic rings. The molecule has 3 aromatic rings. The van der Waals surface area contributed by atoms with Crippen LogP contribution in [0.1, 0.15) is 40.3 Å². The van der Waals surface area contributed by atoms with Crippen LogP contribution in [0.3, 0.4) is 0 Å². The number of esters is 1. The Morgan fingerprint density at radius 2 is 1.73 bits per heavy atom. The van der Waals surface area contributed by atoms with Gasteiger partial charge in [0.25, 0.3) is 5.91 Å². The Morgan fingerprint density at radius 1 is 1.03 bits per heavy atom. The van der Waals surface area contributed by atoms with Gasteiger partial charge in [-0.3, -0.25) is 4.79 Å². The van der Waals surface area contributed by atoms with Crippen molar-refractivity contribution in [1.29, 1.82) is 0 Å². The van der Waals surface area contributed by atoms with Crippen molar-refractivity contribution in [2.45, 2.75) is 20.0 Å². The van der Waals surface area contributed by atoms with Gasteiger partial charge in [-0.15, -0.1) is 0 Å². The lowest BCUT2D eigenvalue weighted by atomic mass is 10.1. The highest BCUT2D eigenvalue weighted by atomic mass is 35.5. The molecule has 2 aromatic carbocycles. The predicted octanol–water partition coefficient (Wildman–Crippen LogP) is 5.58. The van der Waals surface area contributed by atoms with Gasteiger partial charge in [0.05, 0.1) is 17.9 Å². The van der Waals surface area contributed by atoms with Crippen LogP contribution in [-0.4, -0.2) is 24.2 Å². The van der Waals surface area contributed by atoms with Gasteiger partial charge in [-0.25, -0.2) is 10.2 Å². The van der Waals surface area contributed by atoms with Crippen LogP contribution in [-0.2, 0) is 4.74 Å². The van der Waals surface area contributed by atoms with Crippen LogP contribution in [0.4, 0.5) is 0 Å². The van der Waals surface area contributed by atoms with Crippen LogP contribution in [0.25, 0.3) is 11.3 Å². The van der Waals surface area contributed by atoms with Crippen molar-refractivity contribution in [2.75, 3.05) is 0 Å². The number of rotatable bonds is 6. The zero-order chi connectivity index (χ0) is 21.7. The largest absolute Gasteiger partial charge is 0.459 e. The molecule has 0 atom stereocenters. The number of hydrogen-bond donors (Lipinski definition) is 1. The monoisotopic (exact) mass is 444 g/mol. The molecule has 1 heterocycles. The summed E-state index contributed by atoms with van der Waals surface area (Å²) in [7, 11) is 0. The molecule has 30 heavy (non-hydrogen) atoms. The van der Waals surface area contributed by atoms with Gasteiger partial charge in [0.15, 0.2) is 0 Å². The highest BCUT2D eigenvalue weighted by Gasteiger charge is 2.18. The van der Waals surface area contributed by atoms with Crippen LogP contribution in [0.5, 0.6) is 0 Å². The van der Waals surface area contributed by atoms with Gasteiger partial charge < -0.3 is 9.15 Å². The third-order valence-electron chi connectivity index (χ3n) is 3.90. The van der Waals surface area contributed by atoms with Gasteiger partial charge in [-0.1, -0.05) is 23.2 Å². The number of hydrogen-bond acceptors (Lipinski definition) is 5. The van der Waals surface area contributed by atoms with E-state index in [2.05, 4.69) is 10.5 Å². The number of amides is 1. The summed E-state index contributed by atoms with van der Waals surface area (Å²) in [5.41, 5.74) is 3.66. The first-order valence-corrected chi connectivity index (χ1v) is 9.79. The van der Waals surface area contributed by atoms with E-state index in [0.717, 1.165) is 0 Å². The lowest BCUT2D eigenvalue weighted by Crippen LogP contribution is -2.17. The highest BCUT2D eigenvalue weighted by Crippen LogP contribution is 2.29. The van der Waals surface area contributed by atoms with E-state index in [4.69, 9.17) is 32.4 Å². The topological polar surface area (TPSA) is 80.9 Å². The van der Waals surface area contributed by atoms with Gasteiger partial charge in [0.2, 0.25) is 0 Å². The van der Waals surface area contributed by atoms with Crippen molar-refractivity contribution in [3.63, 3.8) is 0 Å². The van der Waals surface area contributed by atoms with Crippen LogP contribution in [0, 0.1) is 0 Å². The summed E-state index contributed by atoms with van der Waals surface area (Å²) in [5, 5.41) is 4.88. The minimum Gasteiger partial charge on any atom is -0.459 e. The maximum Gasteiger partial charge on any atom is 0.339 e. The summed E-state index contributed by atoms with van der Waals surface area (Å²) in [6.45, 7) is 3.54. The number of furan rings is 1. The maximum absolute atomic E-state index is 12.4. The van der Waals surface area contributed by atoms with Crippen molar-refractivity contribution < 1.29 is 18.7 Å². The van der Waals surface area contributed by atoms with Crippen molar-refractivity contribution in [1.82, 2.24) is 5.43 Å². The van der Waals surface area contributed by atoms with E-state index in [1.165, 1.54) is 6.21 Å². The normalized spacial score (nSPS) is 11.1. The fraction of sp³-hybridized carbons (Fsp3) is 0.136. The van der Waals surface area contributed by atoms with E-state index >= 15 is 0 Å². The molecule has 0 spiro atoms. The molecule has 154 valence electrons. The summed E-state index contributed by atoms with van der Waals surface area (Å²) < 4.78 is 11.0. The first-order valence-electron chi connectivity index (χ1n) is 9.03. The SMILES string of the molecule is CC(C)OC(=O)c1ccc(Cl)cc1-c1ccc(/C=N\NC(=O)c2ccc(Cl)cc2)o1. The second-order valence-corrected chi connectivity index (χ2v) is 7.42. The Hall–Kier alpha value is -3.09. The molecule has 8 heteroatoms. The molecule has 0 saturated heterocycles. The Balaban J connectivity index is 1.75.